The molecule has 28 heavy (non-hydrogen) atoms. The van der Waals surface area contributed by atoms with Crippen molar-refractivity contribution in [1.29, 1.82) is 0 Å². The summed E-state index contributed by atoms with van der Waals surface area (Å²) in [6.45, 7) is 7.66. The van der Waals surface area contributed by atoms with E-state index in [1.54, 1.807) is 6.33 Å². The van der Waals surface area contributed by atoms with Gasteiger partial charge in [0.15, 0.2) is 0 Å². The third-order valence-corrected chi connectivity index (χ3v) is 6.24. The first-order chi connectivity index (χ1) is 13.6. The fourth-order valence-electron chi connectivity index (χ4n) is 4.79. The molecule has 2 bridgehead atoms. The largest absolute Gasteiger partial charge is 0.461 e. The van der Waals surface area contributed by atoms with Crippen LogP contribution in [-0.2, 0) is 6.54 Å². The van der Waals surface area contributed by atoms with Gasteiger partial charge in [-0.25, -0.2) is 4.98 Å². The van der Waals surface area contributed by atoms with Crippen LogP contribution in [0.5, 0.6) is 0 Å². The zero-order valence-corrected chi connectivity index (χ0v) is 16.4. The van der Waals surface area contributed by atoms with Crippen molar-refractivity contribution < 1.29 is 9.21 Å². The van der Waals surface area contributed by atoms with Crippen molar-refractivity contribution in [1.82, 2.24) is 19.8 Å². The van der Waals surface area contributed by atoms with E-state index in [0.717, 1.165) is 66.3 Å². The van der Waals surface area contributed by atoms with Crippen LogP contribution in [0.15, 0.2) is 35.0 Å². The number of aromatic amines is 1. The number of hydrogen-bond donors (Lipinski definition) is 1. The van der Waals surface area contributed by atoms with Gasteiger partial charge in [0.05, 0.1) is 12.0 Å². The summed E-state index contributed by atoms with van der Waals surface area (Å²) in [6, 6.07) is 8.05. The molecule has 146 valence electrons. The van der Waals surface area contributed by atoms with E-state index in [0.29, 0.717) is 5.92 Å². The van der Waals surface area contributed by atoms with Crippen molar-refractivity contribution in [3.05, 3.63) is 53.3 Å². The molecule has 0 saturated carbocycles. The summed E-state index contributed by atoms with van der Waals surface area (Å²) in [5.74, 6) is 1.55. The second kappa shape index (κ2) is 6.78. The van der Waals surface area contributed by atoms with Gasteiger partial charge in [-0.2, -0.15) is 0 Å². The first-order valence-electron chi connectivity index (χ1n) is 10.1. The van der Waals surface area contributed by atoms with Gasteiger partial charge in [0.1, 0.15) is 11.3 Å². The summed E-state index contributed by atoms with van der Waals surface area (Å²) in [5, 5.41) is 0.999. The highest BCUT2D eigenvalue weighted by atomic mass is 16.3. The molecule has 1 N–H and O–H groups in total. The highest BCUT2D eigenvalue weighted by Gasteiger charge is 2.37. The average molecular weight is 378 g/mol. The standard InChI is InChI=1S/C22H26N4O2/c1-14-7-18-8-17(4-6-21(18)28-14)22(27)26-10-16-3-5-19(26)11-25(9-16)12-20-15(2)23-13-24-20/h4,6-8,13,16,19H,3,5,9-12H2,1-2H3,(H,23,24)/t16-,19+/m0/s1. The highest BCUT2D eigenvalue weighted by Crippen LogP contribution is 2.31. The predicted molar refractivity (Wildman–Crippen MR) is 107 cm³/mol. The second-order valence-corrected chi connectivity index (χ2v) is 8.33. The van der Waals surface area contributed by atoms with Crippen LogP contribution in [0.25, 0.3) is 11.0 Å². The number of H-pyrrole nitrogens is 1. The Kier molecular flexibility index (Phi) is 4.23. The van der Waals surface area contributed by atoms with Crippen LogP contribution in [0.2, 0.25) is 0 Å². The Bertz CT molecular complexity index is 1020. The zero-order chi connectivity index (χ0) is 19.3. The summed E-state index contributed by atoms with van der Waals surface area (Å²) in [5.41, 5.74) is 3.84. The molecular weight excluding hydrogens is 352 g/mol. The molecule has 6 rings (SSSR count). The van der Waals surface area contributed by atoms with E-state index in [9.17, 15) is 4.79 Å². The van der Waals surface area contributed by atoms with Gasteiger partial charge in [-0.05, 0) is 56.9 Å². The van der Waals surface area contributed by atoms with Crippen LogP contribution in [0.4, 0.5) is 0 Å². The summed E-state index contributed by atoms with van der Waals surface area (Å²) in [4.78, 5) is 25.5. The summed E-state index contributed by atoms with van der Waals surface area (Å²) in [6.07, 6.45) is 4.05. The van der Waals surface area contributed by atoms with Gasteiger partial charge in [-0.3, -0.25) is 9.69 Å². The number of aromatic nitrogens is 2. The molecule has 0 spiro atoms. The van der Waals surface area contributed by atoms with Crippen molar-refractivity contribution in [3.8, 4) is 0 Å². The third kappa shape index (κ3) is 3.11. The second-order valence-electron chi connectivity index (χ2n) is 8.33. The van der Waals surface area contributed by atoms with Crippen LogP contribution in [0.3, 0.4) is 0 Å². The molecule has 3 aromatic rings. The number of carbonyl (C=O) groups is 1. The highest BCUT2D eigenvalue weighted by molar-refractivity contribution is 5.98. The Balaban J connectivity index is 1.36. The molecule has 3 saturated heterocycles. The molecule has 0 aliphatic carbocycles. The molecule has 2 atom stereocenters. The number of hydrogen-bond acceptors (Lipinski definition) is 4. The molecule has 1 aromatic carbocycles. The molecule has 3 aliphatic rings. The Labute approximate surface area is 164 Å². The van der Waals surface area contributed by atoms with Gasteiger partial charge in [0, 0.05) is 48.9 Å². The quantitative estimate of drug-likeness (QED) is 0.757. The Hall–Kier alpha value is -2.60. The number of aryl methyl sites for hydroxylation is 2. The van der Waals surface area contributed by atoms with Crippen molar-refractivity contribution in [3.63, 3.8) is 0 Å². The van der Waals surface area contributed by atoms with E-state index >= 15 is 0 Å². The van der Waals surface area contributed by atoms with E-state index in [1.807, 2.05) is 31.2 Å². The topological polar surface area (TPSA) is 65.4 Å². The number of nitrogens with zero attached hydrogens (tertiary/aromatic N) is 3. The number of carbonyl (C=O) groups excluding carboxylic acids is 1. The monoisotopic (exact) mass is 378 g/mol. The van der Waals surface area contributed by atoms with Crippen LogP contribution < -0.4 is 0 Å². The Morgan fingerprint density at radius 1 is 1.21 bits per heavy atom. The van der Waals surface area contributed by atoms with Crippen LogP contribution in [-0.4, -0.2) is 51.4 Å². The number of nitrogens with one attached hydrogen (secondary N) is 1. The first kappa shape index (κ1) is 17.5. The molecule has 2 aromatic heterocycles. The molecule has 6 heteroatoms. The van der Waals surface area contributed by atoms with Gasteiger partial charge in [-0.15, -0.1) is 0 Å². The van der Waals surface area contributed by atoms with E-state index in [4.69, 9.17) is 4.42 Å². The molecule has 0 radical (unpaired) electrons. The number of piperidine rings is 1. The lowest BCUT2D eigenvalue weighted by Gasteiger charge is -2.36. The lowest BCUT2D eigenvalue weighted by molar-refractivity contribution is 0.0585. The normalized spacial score (nSPS) is 22.7. The average Bonchev–Trinajstić information content (AvgIpc) is 3.13. The summed E-state index contributed by atoms with van der Waals surface area (Å²) in [7, 11) is 0. The van der Waals surface area contributed by atoms with Gasteiger partial charge in [0.25, 0.3) is 5.91 Å². The van der Waals surface area contributed by atoms with Gasteiger partial charge in [0.2, 0.25) is 0 Å². The smallest absolute Gasteiger partial charge is 0.254 e. The number of benzene rings is 1. The maximum Gasteiger partial charge on any atom is 0.254 e. The van der Waals surface area contributed by atoms with Crippen molar-refractivity contribution >= 4 is 16.9 Å². The number of imidazole rings is 1. The predicted octanol–water partition coefficient (Wildman–Crippen LogP) is 3.51. The number of rotatable bonds is 3. The fourth-order valence-corrected chi connectivity index (χ4v) is 4.79. The van der Waals surface area contributed by atoms with Crippen LogP contribution in [0.1, 0.15) is 40.3 Å². The lowest BCUT2D eigenvalue weighted by atomic mass is 9.94. The van der Waals surface area contributed by atoms with Gasteiger partial charge in [-0.1, -0.05) is 0 Å². The van der Waals surface area contributed by atoms with Crippen molar-refractivity contribution in [2.75, 3.05) is 19.6 Å². The minimum atomic E-state index is 0.147. The third-order valence-electron chi connectivity index (χ3n) is 6.24. The van der Waals surface area contributed by atoms with E-state index < -0.39 is 0 Å². The summed E-state index contributed by atoms with van der Waals surface area (Å²) >= 11 is 0. The minimum Gasteiger partial charge on any atom is -0.461 e. The van der Waals surface area contributed by atoms with Crippen LogP contribution >= 0.6 is 0 Å². The SMILES string of the molecule is Cc1cc2cc(C(=O)N3C[C@H]4CC[C@@H]3CN(Cc3nc[nH]c3C)C4)ccc2o1. The Morgan fingerprint density at radius 3 is 2.93 bits per heavy atom. The maximum absolute atomic E-state index is 13.3. The number of fused-ring (bicyclic) bond motifs is 5. The van der Waals surface area contributed by atoms with E-state index in [1.165, 1.54) is 6.42 Å². The zero-order valence-electron chi connectivity index (χ0n) is 16.4. The lowest BCUT2D eigenvalue weighted by Crippen LogP contribution is -2.47. The first-order valence-corrected chi connectivity index (χ1v) is 10.1. The molecular formula is C22H26N4O2. The van der Waals surface area contributed by atoms with Gasteiger partial charge < -0.3 is 14.3 Å². The van der Waals surface area contributed by atoms with Crippen LogP contribution in [0, 0.1) is 19.8 Å². The van der Waals surface area contributed by atoms with E-state index in [-0.39, 0.29) is 11.9 Å². The molecule has 3 aliphatic heterocycles. The Morgan fingerprint density at radius 2 is 2.11 bits per heavy atom. The van der Waals surface area contributed by atoms with E-state index in [2.05, 4.69) is 26.7 Å². The molecule has 6 nitrogen and oxygen atoms in total. The van der Waals surface area contributed by atoms with Gasteiger partial charge >= 0.3 is 0 Å². The molecule has 3 fully saturated rings. The molecule has 0 unspecified atom stereocenters. The summed E-state index contributed by atoms with van der Waals surface area (Å²) < 4.78 is 5.65. The van der Waals surface area contributed by atoms with Crippen molar-refractivity contribution in [2.24, 2.45) is 5.92 Å². The molecule has 1 amide bonds. The number of amides is 1. The fraction of sp³-hybridized carbons (Fsp3) is 0.455. The minimum absolute atomic E-state index is 0.147. The number of furan rings is 1. The molecule has 5 heterocycles. The maximum atomic E-state index is 13.3. The van der Waals surface area contributed by atoms with Crippen molar-refractivity contribution in [2.45, 2.75) is 39.3 Å².